The van der Waals surface area contributed by atoms with Crippen LogP contribution < -0.4 is 5.32 Å². The molecule has 0 saturated carbocycles. The van der Waals surface area contributed by atoms with Crippen molar-refractivity contribution in [1.82, 2.24) is 10.2 Å². The van der Waals surface area contributed by atoms with Crippen molar-refractivity contribution in [1.29, 1.82) is 0 Å². The van der Waals surface area contributed by atoms with Gasteiger partial charge in [0, 0.05) is 36.6 Å². The molecule has 2 aromatic carbocycles. The van der Waals surface area contributed by atoms with Crippen molar-refractivity contribution in [2.45, 2.75) is 19.1 Å². The highest BCUT2D eigenvalue weighted by Gasteiger charge is 2.33. The van der Waals surface area contributed by atoms with Crippen LogP contribution in [0.2, 0.25) is 0 Å². The van der Waals surface area contributed by atoms with Gasteiger partial charge in [0.25, 0.3) is 5.91 Å². The summed E-state index contributed by atoms with van der Waals surface area (Å²) in [6.07, 6.45) is -4.48. The van der Waals surface area contributed by atoms with E-state index in [4.69, 9.17) is 0 Å². The Morgan fingerprint density at radius 3 is 2.33 bits per heavy atom. The van der Waals surface area contributed by atoms with Crippen LogP contribution in [0.3, 0.4) is 0 Å². The van der Waals surface area contributed by atoms with Gasteiger partial charge in [0.1, 0.15) is 0 Å². The third kappa shape index (κ3) is 6.09. The van der Waals surface area contributed by atoms with E-state index in [1.807, 2.05) is 0 Å². The molecule has 1 N–H and O–H groups in total. The largest absolute Gasteiger partial charge is 0.416 e. The fourth-order valence-corrected chi connectivity index (χ4v) is 2.72. The number of alkyl halides is 3. The Morgan fingerprint density at radius 1 is 1.07 bits per heavy atom. The summed E-state index contributed by atoms with van der Waals surface area (Å²) in [5.41, 5.74) is -0.272. The monoisotopic (exact) mass is 442 g/mol. The summed E-state index contributed by atoms with van der Waals surface area (Å²) in [4.78, 5) is 25.4. The maximum absolute atomic E-state index is 13.0. The van der Waals surface area contributed by atoms with Crippen LogP contribution in [-0.4, -0.2) is 30.3 Å². The molecule has 0 saturated heterocycles. The number of nitrogens with one attached hydrogen (secondary N) is 1. The summed E-state index contributed by atoms with van der Waals surface area (Å²) < 4.78 is 39.9. The molecule has 0 fully saturated rings. The predicted molar refractivity (Wildman–Crippen MR) is 99.0 cm³/mol. The highest BCUT2D eigenvalue weighted by molar-refractivity contribution is 9.10. The lowest BCUT2D eigenvalue weighted by Gasteiger charge is -2.20. The lowest BCUT2D eigenvalue weighted by atomic mass is 10.1. The first-order valence-corrected chi connectivity index (χ1v) is 8.90. The zero-order valence-corrected chi connectivity index (χ0v) is 16.1. The smallest absolute Gasteiger partial charge is 0.352 e. The van der Waals surface area contributed by atoms with Gasteiger partial charge in [0.05, 0.1) is 5.56 Å². The van der Waals surface area contributed by atoms with Gasteiger partial charge in [-0.2, -0.15) is 13.2 Å². The van der Waals surface area contributed by atoms with Gasteiger partial charge in [-0.3, -0.25) is 9.59 Å². The Kier molecular flexibility index (Phi) is 7.01. The second-order valence-corrected chi connectivity index (χ2v) is 6.83. The molecule has 8 heteroatoms. The van der Waals surface area contributed by atoms with Crippen molar-refractivity contribution < 1.29 is 22.8 Å². The number of hydrogen-bond donors (Lipinski definition) is 1. The minimum Gasteiger partial charge on any atom is -0.352 e. The van der Waals surface area contributed by atoms with Crippen LogP contribution in [0.25, 0.3) is 0 Å². The number of rotatable bonds is 6. The number of carbonyl (C=O) groups excluding carboxylic acids is 2. The van der Waals surface area contributed by atoms with Crippen LogP contribution in [0.4, 0.5) is 13.2 Å². The number of hydrogen-bond acceptors (Lipinski definition) is 2. The Hall–Kier alpha value is -2.35. The molecule has 0 aliphatic carbocycles. The summed E-state index contributed by atoms with van der Waals surface area (Å²) in [5, 5.41) is 2.62. The molecule has 0 radical (unpaired) electrons. The summed E-state index contributed by atoms with van der Waals surface area (Å²) in [6.45, 7) is -0.0613. The molecule has 0 aromatic heterocycles. The second-order valence-electron chi connectivity index (χ2n) is 5.92. The van der Waals surface area contributed by atoms with Gasteiger partial charge in [-0.1, -0.05) is 34.1 Å². The Balaban J connectivity index is 1.88. The lowest BCUT2D eigenvalue weighted by molar-refractivity contribution is -0.139. The number of carbonyl (C=O) groups is 2. The van der Waals surface area contributed by atoms with E-state index in [-0.39, 0.29) is 36.9 Å². The van der Waals surface area contributed by atoms with Crippen molar-refractivity contribution in [3.8, 4) is 0 Å². The molecule has 27 heavy (non-hydrogen) atoms. The molecule has 2 aromatic rings. The van der Waals surface area contributed by atoms with Gasteiger partial charge in [0.2, 0.25) is 5.91 Å². The van der Waals surface area contributed by atoms with Crippen LogP contribution in [0.15, 0.2) is 53.0 Å². The average Bonchev–Trinajstić information content (AvgIpc) is 2.61. The first-order chi connectivity index (χ1) is 12.7. The van der Waals surface area contributed by atoms with Crippen molar-refractivity contribution in [2.75, 3.05) is 13.6 Å². The maximum Gasteiger partial charge on any atom is 0.416 e. The molecule has 4 nitrogen and oxygen atoms in total. The normalized spacial score (nSPS) is 11.1. The maximum atomic E-state index is 13.0. The van der Waals surface area contributed by atoms with E-state index in [1.165, 1.54) is 30.1 Å². The number of halogens is 4. The van der Waals surface area contributed by atoms with E-state index in [0.717, 1.165) is 10.5 Å². The number of amides is 2. The van der Waals surface area contributed by atoms with E-state index >= 15 is 0 Å². The zero-order valence-electron chi connectivity index (χ0n) is 14.5. The van der Waals surface area contributed by atoms with Gasteiger partial charge in [0.15, 0.2) is 0 Å². The lowest BCUT2D eigenvalue weighted by Crippen LogP contribution is -2.32. The first kappa shape index (κ1) is 21.0. The van der Waals surface area contributed by atoms with Crippen molar-refractivity contribution in [3.63, 3.8) is 0 Å². The quantitative estimate of drug-likeness (QED) is 0.726. The molecule has 144 valence electrons. The van der Waals surface area contributed by atoms with E-state index in [9.17, 15) is 22.8 Å². The fourth-order valence-electron chi connectivity index (χ4n) is 2.46. The fraction of sp³-hybridized carbons (Fsp3) is 0.263. The van der Waals surface area contributed by atoms with Crippen molar-refractivity contribution in [2.24, 2.45) is 0 Å². The summed E-state index contributed by atoms with van der Waals surface area (Å²) >= 11 is 3.27. The molecular weight excluding hydrogens is 425 g/mol. The second kappa shape index (κ2) is 9.03. The first-order valence-electron chi connectivity index (χ1n) is 8.11. The van der Waals surface area contributed by atoms with E-state index in [1.54, 1.807) is 24.3 Å². The van der Waals surface area contributed by atoms with Gasteiger partial charge in [-0.25, -0.2) is 0 Å². The third-order valence-corrected chi connectivity index (χ3v) is 4.42. The standard InChI is InChI=1S/C19H18BrF3N2O2/c1-25(12-14-4-2-3-5-16(14)19(21,22)23)17(26)10-11-24-18(27)13-6-8-15(20)9-7-13/h2-9H,10-12H2,1H3,(H,24,27). The summed E-state index contributed by atoms with van der Waals surface area (Å²) in [5.74, 6) is -0.677. The SMILES string of the molecule is CN(Cc1ccccc1C(F)(F)F)C(=O)CCNC(=O)c1ccc(Br)cc1. The van der Waals surface area contributed by atoms with Crippen LogP contribution in [0, 0.1) is 0 Å². The van der Waals surface area contributed by atoms with Crippen molar-refractivity contribution in [3.05, 3.63) is 69.7 Å². The minimum atomic E-state index is -4.47. The van der Waals surface area contributed by atoms with Gasteiger partial charge in [-0.05, 0) is 35.9 Å². The number of nitrogens with zero attached hydrogens (tertiary/aromatic N) is 1. The van der Waals surface area contributed by atoms with E-state index in [2.05, 4.69) is 21.2 Å². The molecule has 0 unspecified atom stereocenters. The highest BCUT2D eigenvalue weighted by atomic mass is 79.9. The Labute approximate surface area is 163 Å². The number of benzene rings is 2. The summed E-state index contributed by atoms with van der Waals surface area (Å²) in [6, 6.07) is 11.9. The van der Waals surface area contributed by atoms with Gasteiger partial charge < -0.3 is 10.2 Å². The third-order valence-electron chi connectivity index (χ3n) is 3.89. The molecule has 0 aliphatic heterocycles. The van der Waals surface area contributed by atoms with Crippen LogP contribution in [0.1, 0.15) is 27.9 Å². The predicted octanol–water partition coefficient (Wildman–Crippen LogP) is 4.25. The average molecular weight is 443 g/mol. The highest BCUT2D eigenvalue weighted by Crippen LogP contribution is 2.32. The van der Waals surface area contributed by atoms with E-state index < -0.39 is 11.7 Å². The topological polar surface area (TPSA) is 49.4 Å². The van der Waals surface area contributed by atoms with E-state index in [0.29, 0.717) is 5.56 Å². The zero-order chi connectivity index (χ0) is 20.0. The minimum absolute atomic E-state index is 0.00699. The van der Waals surface area contributed by atoms with Gasteiger partial charge >= 0.3 is 6.18 Å². The molecule has 0 atom stereocenters. The molecule has 0 aliphatic rings. The van der Waals surface area contributed by atoms with Crippen LogP contribution in [0.5, 0.6) is 0 Å². The molecule has 0 spiro atoms. The molecular formula is C19H18BrF3N2O2. The Bertz CT molecular complexity index is 807. The molecule has 0 bridgehead atoms. The molecule has 2 amide bonds. The van der Waals surface area contributed by atoms with Gasteiger partial charge in [-0.15, -0.1) is 0 Å². The molecule has 2 rings (SSSR count). The van der Waals surface area contributed by atoms with Crippen LogP contribution in [-0.2, 0) is 17.5 Å². The molecule has 0 heterocycles. The van der Waals surface area contributed by atoms with Crippen molar-refractivity contribution >= 4 is 27.7 Å². The summed E-state index contributed by atoms with van der Waals surface area (Å²) in [7, 11) is 1.44. The Morgan fingerprint density at radius 2 is 1.70 bits per heavy atom. The van der Waals surface area contributed by atoms with Crippen LogP contribution >= 0.6 is 15.9 Å².